The minimum absolute atomic E-state index is 0.0423. The highest BCUT2D eigenvalue weighted by Gasteiger charge is 2.21. The Morgan fingerprint density at radius 2 is 1.50 bits per heavy atom. The molecule has 1 N–H and O–H groups in total. The number of nitrogens with one attached hydrogen (secondary N) is 1. The number of fused-ring (bicyclic) bond motifs is 1. The van der Waals surface area contributed by atoms with Crippen LogP contribution >= 0.6 is 0 Å². The van der Waals surface area contributed by atoms with Gasteiger partial charge in [0.2, 0.25) is 10.0 Å². The quantitative estimate of drug-likeness (QED) is 0.856. The zero-order chi connectivity index (χ0) is 13.5. The zero-order valence-corrected chi connectivity index (χ0v) is 9.98. The molecule has 0 aromatic heterocycles. The lowest BCUT2D eigenvalue weighted by molar-refractivity contribution is 0.455. The van der Waals surface area contributed by atoms with Crippen LogP contribution in [0.5, 0.6) is 0 Å². The van der Waals surface area contributed by atoms with Crippen LogP contribution in [-0.2, 0) is 10.0 Å². The largest absolute Gasteiger partial charge is 0.280 e. The van der Waals surface area contributed by atoms with Crippen LogP contribution in [-0.4, -0.2) is 14.7 Å². The predicted molar refractivity (Wildman–Crippen MR) is 62.3 cm³/mol. The summed E-state index contributed by atoms with van der Waals surface area (Å²) in [6, 6.07) is 5.44. The minimum atomic E-state index is -3.80. The Bertz CT molecular complexity index is 729. The molecule has 2 rings (SSSR count). The molecule has 0 spiro atoms. The van der Waals surface area contributed by atoms with Crippen molar-refractivity contribution in [3.05, 3.63) is 41.7 Å². The van der Waals surface area contributed by atoms with E-state index < -0.39 is 33.2 Å². The van der Waals surface area contributed by atoms with Crippen molar-refractivity contribution >= 4 is 26.5 Å². The van der Waals surface area contributed by atoms with Gasteiger partial charge in [-0.2, -0.15) is 0 Å². The second-order valence-electron chi connectivity index (χ2n) is 3.74. The van der Waals surface area contributed by atoms with Crippen molar-refractivity contribution in [2.75, 3.05) is 11.0 Å². The molecule has 18 heavy (non-hydrogen) atoms. The van der Waals surface area contributed by atoms with Gasteiger partial charge in [-0.25, -0.2) is 21.6 Å². The van der Waals surface area contributed by atoms with E-state index >= 15 is 0 Å². The second kappa shape index (κ2) is 4.16. The first-order chi connectivity index (χ1) is 8.31. The van der Waals surface area contributed by atoms with Crippen molar-refractivity contribution in [1.29, 1.82) is 0 Å². The van der Waals surface area contributed by atoms with E-state index in [1.165, 1.54) is 24.3 Å². The third kappa shape index (κ3) is 2.13. The van der Waals surface area contributed by atoms with E-state index in [4.69, 9.17) is 0 Å². The maximum Gasteiger partial charge on any atom is 0.229 e. The van der Waals surface area contributed by atoms with Crippen LogP contribution in [0.2, 0.25) is 0 Å². The Hall–Kier alpha value is -1.76. The summed E-state index contributed by atoms with van der Waals surface area (Å²) in [7, 11) is -3.80. The summed E-state index contributed by atoms with van der Waals surface area (Å²) in [5, 5.41) is -0.234. The molecule has 2 aromatic carbocycles. The molecule has 96 valence electrons. The number of hydrogen-bond acceptors (Lipinski definition) is 2. The average Bonchev–Trinajstić information content (AvgIpc) is 2.31. The number of anilines is 1. The molecule has 0 fully saturated rings. The van der Waals surface area contributed by atoms with E-state index in [1.54, 1.807) is 0 Å². The number of halogens is 3. The van der Waals surface area contributed by atoms with Crippen LogP contribution in [0.4, 0.5) is 18.9 Å². The molecule has 0 aliphatic heterocycles. The standard InChI is InChI=1S/C11H8F3NO2S/c1-18(16,17)15-11-7-5-3-2-4-6(7)8(12)9(13)10(11)14/h2-5,15H,1H3. The smallest absolute Gasteiger partial charge is 0.229 e. The molecule has 3 nitrogen and oxygen atoms in total. The lowest BCUT2D eigenvalue weighted by atomic mass is 10.1. The van der Waals surface area contributed by atoms with Gasteiger partial charge in [-0.05, 0) is 0 Å². The molecule has 2 aromatic rings. The summed E-state index contributed by atoms with van der Waals surface area (Å²) >= 11 is 0. The molecule has 0 unspecified atom stereocenters. The molecule has 0 bridgehead atoms. The molecule has 0 aliphatic carbocycles. The second-order valence-corrected chi connectivity index (χ2v) is 5.49. The molecule has 0 radical (unpaired) electrons. The van der Waals surface area contributed by atoms with Gasteiger partial charge >= 0.3 is 0 Å². The number of hydrogen-bond donors (Lipinski definition) is 1. The van der Waals surface area contributed by atoms with Crippen LogP contribution in [0.15, 0.2) is 24.3 Å². The van der Waals surface area contributed by atoms with E-state index in [0.29, 0.717) is 0 Å². The fraction of sp³-hybridized carbons (Fsp3) is 0.0909. The molecule has 0 aliphatic rings. The lowest BCUT2D eigenvalue weighted by Crippen LogP contribution is -2.12. The van der Waals surface area contributed by atoms with Crippen molar-refractivity contribution in [1.82, 2.24) is 0 Å². The normalized spacial score (nSPS) is 11.8. The summed E-state index contributed by atoms with van der Waals surface area (Å²) in [4.78, 5) is 0. The summed E-state index contributed by atoms with van der Waals surface area (Å²) in [5.41, 5.74) is -0.591. The first kappa shape index (κ1) is 12.7. The van der Waals surface area contributed by atoms with Crippen molar-refractivity contribution < 1.29 is 21.6 Å². The van der Waals surface area contributed by atoms with Gasteiger partial charge in [-0.3, -0.25) is 4.72 Å². The summed E-state index contributed by atoms with van der Waals surface area (Å²) < 4.78 is 64.4. The van der Waals surface area contributed by atoms with Crippen LogP contribution in [0, 0.1) is 17.5 Å². The van der Waals surface area contributed by atoms with Gasteiger partial charge in [0.1, 0.15) is 0 Å². The summed E-state index contributed by atoms with van der Waals surface area (Å²) in [5.74, 6) is -4.61. The van der Waals surface area contributed by atoms with E-state index in [0.717, 1.165) is 6.26 Å². The molecule has 0 saturated heterocycles. The van der Waals surface area contributed by atoms with Gasteiger partial charge in [0, 0.05) is 10.8 Å². The van der Waals surface area contributed by atoms with Crippen molar-refractivity contribution in [2.24, 2.45) is 0 Å². The van der Waals surface area contributed by atoms with E-state index in [9.17, 15) is 21.6 Å². The van der Waals surface area contributed by atoms with Gasteiger partial charge in [0.15, 0.2) is 17.5 Å². The number of benzene rings is 2. The molecule has 0 atom stereocenters. The first-order valence-corrected chi connectivity index (χ1v) is 6.73. The van der Waals surface area contributed by atoms with Crippen molar-refractivity contribution in [3.63, 3.8) is 0 Å². The predicted octanol–water partition coefficient (Wildman–Crippen LogP) is 2.63. The summed E-state index contributed by atoms with van der Waals surface area (Å²) in [6.45, 7) is 0. The highest BCUT2D eigenvalue weighted by molar-refractivity contribution is 7.92. The molecule has 0 amide bonds. The van der Waals surface area contributed by atoms with Crippen molar-refractivity contribution in [2.45, 2.75) is 0 Å². The van der Waals surface area contributed by atoms with Crippen LogP contribution in [0.25, 0.3) is 10.8 Å². The maximum absolute atomic E-state index is 13.6. The Kier molecular flexibility index (Phi) is 2.94. The van der Waals surface area contributed by atoms with Gasteiger partial charge in [0.05, 0.1) is 11.9 Å². The summed E-state index contributed by atoms with van der Waals surface area (Å²) in [6.07, 6.45) is 0.794. The van der Waals surface area contributed by atoms with Gasteiger partial charge in [-0.15, -0.1) is 0 Å². The molecule has 7 heteroatoms. The van der Waals surface area contributed by atoms with Gasteiger partial charge in [-0.1, -0.05) is 24.3 Å². The van der Waals surface area contributed by atoms with Gasteiger partial charge in [0.25, 0.3) is 0 Å². The fourth-order valence-corrected chi connectivity index (χ4v) is 2.19. The van der Waals surface area contributed by atoms with E-state index in [1.807, 2.05) is 4.72 Å². The van der Waals surface area contributed by atoms with E-state index in [-0.39, 0.29) is 10.8 Å². The molecule has 0 saturated carbocycles. The Labute approximate surface area is 101 Å². The van der Waals surface area contributed by atoms with Crippen LogP contribution in [0.3, 0.4) is 0 Å². The number of sulfonamides is 1. The van der Waals surface area contributed by atoms with Crippen LogP contribution < -0.4 is 4.72 Å². The molecular weight excluding hydrogens is 267 g/mol. The maximum atomic E-state index is 13.6. The van der Waals surface area contributed by atoms with E-state index in [2.05, 4.69) is 0 Å². The minimum Gasteiger partial charge on any atom is -0.280 e. The average molecular weight is 275 g/mol. The topological polar surface area (TPSA) is 46.2 Å². The fourth-order valence-electron chi connectivity index (χ4n) is 1.62. The monoisotopic (exact) mass is 275 g/mol. The Balaban J connectivity index is 2.87. The number of rotatable bonds is 2. The van der Waals surface area contributed by atoms with Crippen molar-refractivity contribution in [3.8, 4) is 0 Å². The lowest BCUT2D eigenvalue weighted by Gasteiger charge is -2.11. The molecular formula is C11H8F3NO2S. The zero-order valence-electron chi connectivity index (χ0n) is 9.17. The third-order valence-corrected chi connectivity index (χ3v) is 2.90. The highest BCUT2D eigenvalue weighted by atomic mass is 32.2. The first-order valence-electron chi connectivity index (χ1n) is 4.84. The Morgan fingerprint density at radius 3 is 2.06 bits per heavy atom. The highest BCUT2D eigenvalue weighted by Crippen LogP contribution is 2.32. The Morgan fingerprint density at radius 1 is 0.944 bits per heavy atom. The van der Waals surface area contributed by atoms with Crippen LogP contribution in [0.1, 0.15) is 0 Å². The third-order valence-electron chi connectivity index (χ3n) is 2.33. The van der Waals surface area contributed by atoms with Gasteiger partial charge < -0.3 is 0 Å². The molecule has 0 heterocycles. The SMILES string of the molecule is CS(=O)(=O)Nc1c(F)c(F)c(F)c2ccccc12.